The number of unbranched alkanes of at least 4 members (excludes halogenated alkanes) is 13. The Balaban J connectivity index is 4.08. The van der Waals surface area contributed by atoms with Gasteiger partial charge in [-0.3, -0.25) is 9.35 Å². The molecule has 0 saturated carbocycles. The average Bonchev–Trinajstić information content (AvgIpc) is 2.96. The molecule has 7 heteroatoms. The zero-order chi connectivity index (χ0) is 31.9. The Labute approximate surface area is 264 Å². The van der Waals surface area contributed by atoms with E-state index in [4.69, 9.17) is 0 Å². The lowest BCUT2D eigenvalue weighted by molar-refractivity contribution is -0.122. The molecular formula is C36H63NO5S. The zero-order valence-corrected chi connectivity index (χ0v) is 28.1. The largest absolute Gasteiger partial charge is 0.387 e. The van der Waals surface area contributed by atoms with Crippen LogP contribution in [0.3, 0.4) is 0 Å². The van der Waals surface area contributed by atoms with Gasteiger partial charge in [-0.2, -0.15) is 8.42 Å². The molecule has 0 rings (SSSR count). The van der Waals surface area contributed by atoms with E-state index in [0.29, 0.717) is 12.8 Å². The normalized spacial score (nSPS) is 14.2. The van der Waals surface area contributed by atoms with Gasteiger partial charge in [-0.1, -0.05) is 126 Å². The summed E-state index contributed by atoms with van der Waals surface area (Å²) in [5.41, 5.74) is 0. The smallest absolute Gasteiger partial charge is 0.267 e. The molecule has 6 nitrogen and oxygen atoms in total. The minimum Gasteiger partial charge on any atom is -0.387 e. The molecule has 43 heavy (non-hydrogen) atoms. The quantitative estimate of drug-likeness (QED) is 0.0439. The van der Waals surface area contributed by atoms with Crippen LogP contribution in [0.5, 0.6) is 0 Å². The standard InChI is InChI=1S/C36H63NO5S/c1-3-5-7-9-11-13-15-16-17-18-19-20-22-24-26-28-30-32-36(39)37-34(33-43(40,41)42)35(38)31-29-27-25-23-21-14-12-10-8-6-4-2/h8,10-11,13,16-17,21,23,29,31,34-35,38H,3-7,9,12,14-15,18-20,22,24-28,30,32-33H2,1-2H3,(H,37,39)(H,40,41,42)/b10-8+,13-11-,17-16-,23-21+,31-29+. The number of hydrogen-bond donors (Lipinski definition) is 3. The highest BCUT2D eigenvalue weighted by Gasteiger charge is 2.24. The molecule has 0 aliphatic heterocycles. The van der Waals surface area contributed by atoms with Crippen molar-refractivity contribution in [2.45, 2.75) is 154 Å². The van der Waals surface area contributed by atoms with Crippen molar-refractivity contribution < 1.29 is 22.9 Å². The lowest BCUT2D eigenvalue weighted by atomic mass is 10.1. The number of carbonyl (C=O) groups is 1. The molecule has 3 N–H and O–H groups in total. The molecule has 0 radical (unpaired) electrons. The molecule has 0 bridgehead atoms. The number of allylic oxidation sites excluding steroid dienone is 9. The van der Waals surface area contributed by atoms with Crippen molar-refractivity contribution in [1.29, 1.82) is 0 Å². The van der Waals surface area contributed by atoms with E-state index in [1.54, 1.807) is 6.08 Å². The Morgan fingerprint density at radius 2 is 1.12 bits per heavy atom. The maximum Gasteiger partial charge on any atom is 0.267 e. The maximum atomic E-state index is 12.4. The lowest BCUT2D eigenvalue weighted by Crippen LogP contribution is -2.46. The summed E-state index contributed by atoms with van der Waals surface area (Å²) in [5, 5.41) is 13.1. The molecule has 248 valence electrons. The molecular weight excluding hydrogens is 558 g/mol. The predicted molar refractivity (Wildman–Crippen MR) is 184 cm³/mol. The Hall–Kier alpha value is -1.96. The first-order chi connectivity index (χ1) is 20.8. The van der Waals surface area contributed by atoms with Crippen LogP contribution in [0.2, 0.25) is 0 Å². The van der Waals surface area contributed by atoms with Crippen LogP contribution >= 0.6 is 0 Å². The van der Waals surface area contributed by atoms with Gasteiger partial charge in [0, 0.05) is 6.42 Å². The van der Waals surface area contributed by atoms with Gasteiger partial charge in [0.05, 0.1) is 17.9 Å². The number of nitrogens with one attached hydrogen (secondary N) is 1. The van der Waals surface area contributed by atoms with Crippen LogP contribution in [0.15, 0.2) is 60.8 Å². The van der Waals surface area contributed by atoms with Gasteiger partial charge in [0.25, 0.3) is 10.1 Å². The molecule has 0 saturated heterocycles. The van der Waals surface area contributed by atoms with Gasteiger partial charge >= 0.3 is 0 Å². The summed E-state index contributed by atoms with van der Waals surface area (Å²) in [4.78, 5) is 12.4. The van der Waals surface area contributed by atoms with Crippen LogP contribution in [-0.2, 0) is 14.9 Å². The molecule has 0 aliphatic rings. The number of aliphatic hydroxyl groups is 1. The molecule has 0 fully saturated rings. The SMILES string of the molecule is CCC/C=C/CC/C=C/CC/C=C/C(O)C(CS(=O)(=O)O)NC(=O)CCCCCCCCC/C=C\C/C=C\CCCCC. The maximum absolute atomic E-state index is 12.4. The van der Waals surface area contributed by atoms with Crippen LogP contribution in [-0.4, -0.2) is 41.9 Å². The summed E-state index contributed by atoms with van der Waals surface area (Å²) in [6.07, 6.45) is 40.6. The Kier molecular flexibility index (Phi) is 28.7. The zero-order valence-electron chi connectivity index (χ0n) is 27.3. The second-order valence-electron chi connectivity index (χ2n) is 11.4. The van der Waals surface area contributed by atoms with Gasteiger partial charge in [-0.15, -0.1) is 0 Å². The molecule has 0 spiro atoms. The minimum absolute atomic E-state index is 0.273. The summed E-state index contributed by atoms with van der Waals surface area (Å²) in [6, 6.07) is -1.08. The Morgan fingerprint density at radius 3 is 1.67 bits per heavy atom. The van der Waals surface area contributed by atoms with E-state index >= 15 is 0 Å². The fourth-order valence-corrected chi connectivity index (χ4v) is 5.31. The topological polar surface area (TPSA) is 104 Å². The van der Waals surface area contributed by atoms with Crippen LogP contribution in [0.25, 0.3) is 0 Å². The van der Waals surface area contributed by atoms with E-state index in [1.165, 1.54) is 51.0 Å². The average molecular weight is 622 g/mol. The first-order valence-corrected chi connectivity index (χ1v) is 18.6. The fourth-order valence-electron chi connectivity index (χ4n) is 4.57. The van der Waals surface area contributed by atoms with E-state index in [1.807, 2.05) is 0 Å². The minimum atomic E-state index is -4.35. The third-order valence-corrected chi connectivity index (χ3v) is 7.91. The Bertz CT molecular complexity index is 905. The fraction of sp³-hybridized carbons (Fsp3) is 0.694. The molecule has 1 amide bonds. The molecule has 0 aliphatic carbocycles. The van der Waals surface area contributed by atoms with Crippen LogP contribution in [0, 0.1) is 0 Å². The third-order valence-electron chi connectivity index (χ3n) is 7.13. The third kappa shape index (κ3) is 31.3. The van der Waals surface area contributed by atoms with Gasteiger partial charge in [0.1, 0.15) is 0 Å². The highest BCUT2D eigenvalue weighted by atomic mass is 32.2. The highest BCUT2D eigenvalue weighted by molar-refractivity contribution is 7.85. The van der Waals surface area contributed by atoms with Crippen molar-refractivity contribution in [2.24, 2.45) is 0 Å². The summed E-state index contributed by atoms with van der Waals surface area (Å²) >= 11 is 0. The van der Waals surface area contributed by atoms with Crippen molar-refractivity contribution in [1.82, 2.24) is 5.32 Å². The van der Waals surface area contributed by atoms with E-state index < -0.39 is 28.0 Å². The van der Waals surface area contributed by atoms with Gasteiger partial charge < -0.3 is 10.4 Å². The summed E-state index contributed by atoms with van der Waals surface area (Å²) in [6.45, 7) is 4.39. The van der Waals surface area contributed by atoms with Gasteiger partial charge in [0.2, 0.25) is 5.91 Å². The van der Waals surface area contributed by atoms with Crippen LogP contribution in [0.1, 0.15) is 142 Å². The number of hydrogen-bond acceptors (Lipinski definition) is 4. The molecule has 0 aromatic rings. The lowest BCUT2D eigenvalue weighted by Gasteiger charge is -2.21. The molecule has 2 atom stereocenters. The second-order valence-corrected chi connectivity index (χ2v) is 12.9. The van der Waals surface area contributed by atoms with Crippen molar-refractivity contribution in [3.63, 3.8) is 0 Å². The highest BCUT2D eigenvalue weighted by Crippen LogP contribution is 2.11. The van der Waals surface area contributed by atoms with Crippen LogP contribution in [0.4, 0.5) is 0 Å². The van der Waals surface area contributed by atoms with Gasteiger partial charge in [-0.25, -0.2) is 0 Å². The first kappa shape index (κ1) is 41.0. The number of aliphatic hydroxyl groups excluding tert-OH is 1. The van der Waals surface area contributed by atoms with Gasteiger partial charge in [-0.05, 0) is 70.6 Å². The number of amides is 1. The monoisotopic (exact) mass is 621 g/mol. The van der Waals surface area contributed by atoms with Crippen molar-refractivity contribution in [3.8, 4) is 0 Å². The Morgan fingerprint density at radius 1 is 0.628 bits per heavy atom. The van der Waals surface area contributed by atoms with E-state index in [2.05, 4.69) is 67.8 Å². The van der Waals surface area contributed by atoms with Crippen molar-refractivity contribution >= 4 is 16.0 Å². The molecule has 0 heterocycles. The van der Waals surface area contributed by atoms with Gasteiger partial charge in [0.15, 0.2) is 0 Å². The summed E-state index contributed by atoms with van der Waals surface area (Å²) < 4.78 is 32.2. The number of carbonyl (C=O) groups excluding carboxylic acids is 1. The van der Waals surface area contributed by atoms with E-state index in [9.17, 15) is 22.9 Å². The molecule has 2 unspecified atom stereocenters. The van der Waals surface area contributed by atoms with E-state index in [0.717, 1.165) is 64.2 Å². The first-order valence-electron chi connectivity index (χ1n) is 17.0. The summed E-state index contributed by atoms with van der Waals surface area (Å²) in [5.74, 6) is -1.03. The molecule has 0 aromatic heterocycles. The predicted octanol–water partition coefficient (Wildman–Crippen LogP) is 9.34. The van der Waals surface area contributed by atoms with Crippen molar-refractivity contribution in [2.75, 3.05) is 5.75 Å². The summed E-state index contributed by atoms with van der Waals surface area (Å²) in [7, 11) is -4.35. The molecule has 0 aromatic carbocycles. The van der Waals surface area contributed by atoms with Crippen molar-refractivity contribution in [3.05, 3.63) is 60.8 Å². The van der Waals surface area contributed by atoms with E-state index in [-0.39, 0.29) is 12.3 Å². The second kappa shape index (κ2) is 30.1. The van der Waals surface area contributed by atoms with Crippen LogP contribution < -0.4 is 5.32 Å². The number of rotatable bonds is 29.